The van der Waals surface area contributed by atoms with Gasteiger partial charge in [0.25, 0.3) is 5.91 Å². The van der Waals surface area contributed by atoms with Crippen molar-refractivity contribution in [2.24, 2.45) is 5.10 Å². The van der Waals surface area contributed by atoms with Gasteiger partial charge in [-0.15, -0.1) is 0 Å². The maximum atomic E-state index is 12.6. The van der Waals surface area contributed by atoms with Gasteiger partial charge in [0.1, 0.15) is 5.75 Å². The third-order valence-corrected chi connectivity index (χ3v) is 4.89. The standard InChI is InChI=1S/C22H22N4O5/c1-12-4-5-13(2)26(12)19-8-15(6-7-17(19)22(30)31)21(29)25-24-10-18-16(11-27)9-23-14(3)20(18)28/h4-10,27-28H,11H2,1-3H3,(H,25,29)(H,30,31)/b24-10+. The third-order valence-electron chi connectivity index (χ3n) is 4.89. The highest BCUT2D eigenvalue weighted by molar-refractivity contribution is 5.99. The van der Waals surface area contributed by atoms with Crippen LogP contribution in [-0.2, 0) is 6.61 Å². The van der Waals surface area contributed by atoms with E-state index < -0.39 is 11.9 Å². The fraction of sp³-hybridized carbons (Fsp3) is 0.182. The van der Waals surface area contributed by atoms with Crippen molar-refractivity contribution in [3.05, 3.63) is 75.9 Å². The fourth-order valence-electron chi connectivity index (χ4n) is 3.23. The number of amides is 1. The summed E-state index contributed by atoms with van der Waals surface area (Å²) in [4.78, 5) is 28.3. The number of carboxylic acid groups (broad SMARTS) is 1. The van der Waals surface area contributed by atoms with Gasteiger partial charge in [0.15, 0.2) is 0 Å². The number of aromatic hydroxyl groups is 1. The Hall–Kier alpha value is -3.98. The van der Waals surface area contributed by atoms with E-state index in [0.29, 0.717) is 16.9 Å². The number of aromatic nitrogens is 2. The van der Waals surface area contributed by atoms with Crippen molar-refractivity contribution in [2.75, 3.05) is 0 Å². The number of hydrazone groups is 1. The van der Waals surface area contributed by atoms with Crippen LogP contribution in [0.2, 0.25) is 0 Å². The highest BCUT2D eigenvalue weighted by atomic mass is 16.4. The number of pyridine rings is 1. The largest absolute Gasteiger partial charge is 0.505 e. The number of carboxylic acids is 1. The first-order chi connectivity index (χ1) is 14.7. The summed E-state index contributed by atoms with van der Waals surface area (Å²) < 4.78 is 1.76. The SMILES string of the molecule is Cc1ncc(CO)c(/C=N/NC(=O)c2ccc(C(=O)O)c(-n3c(C)ccc3C)c2)c1O. The number of aliphatic hydroxyl groups excluding tert-OH is 1. The number of aryl methyl sites for hydroxylation is 3. The number of carbonyl (C=O) groups excluding carboxylic acids is 1. The minimum Gasteiger partial charge on any atom is -0.505 e. The zero-order valence-electron chi connectivity index (χ0n) is 17.2. The van der Waals surface area contributed by atoms with Gasteiger partial charge < -0.3 is 19.9 Å². The number of nitrogens with one attached hydrogen (secondary N) is 1. The lowest BCUT2D eigenvalue weighted by atomic mass is 10.1. The van der Waals surface area contributed by atoms with Crippen LogP contribution in [-0.4, -0.2) is 43.0 Å². The Bertz CT molecular complexity index is 1180. The molecule has 9 heteroatoms. The van der Waals surface area contributed by atoms with Gasteiger partial charge in [0.2, 0.25) is 0 Å². The zero-order chi connectivity index (χ0) is 22.7. The van der Waals surface area contributed by atoms with Gasteiger partial charge in [-0.25, -0.2) is 10.2 Å². The summed E-state index contributed by atoms with van der Waals surface area (Å²) in [6.45, 7) is 4.93. The molecule has 0 saturated heterocycles. The summed E-state index contributed by atoms with van der Waals surface area (Å²) in [6, 6.07) is 7.98. The molecule has 0 spiro atoms. The number of hydrogen-bond donors (Lipinski definition) is 4. The molecule has 1 amide bonds. The summed E-state index contributed by atoms with van der Waals surface area (Å²) in [6.07, 6.45) is 2.64. The van der Waals surface area contributed by atoms with Crippen molar-refractivity contribution >= 4 is 18.1 Å². The molecule has 0 unspecified atom stereocenters. The van der Waals surface area contributed by atoms with Gasteiger partial charge in [0, 0.05) is 34.3 Å². The third kappa shape index (κ3) is 4.31. The highest BCUT2D eigenvalue weighted by Gasteiger charge is 2.17. The second-order valence-corrected chi connectivity index (χ2v) is 6.98. The number of hydrogen-bond acceptors (Lipinski definition) is 6. The monoisotopic (exact) mass is 422 g/mol. The van der Waals surface area contributed by atoms with Crippen molar-refractivity contribution in [3.8, 4) is 11.4 Å². The molecule has 0 saturated carbocycles. The van der Waals surface area contributed by atoms with E-state index in [0.717, 1.165) is 11.4 Å². The van der Waals surface area contributed by atoms with Crippen molar-refractivity contribution in [3.63, 3.8) is 0 Å². The van der Waals surface area contributed by atoms with E-state index in [9.17, 15) is 24.9 Å². The Balaban J connectivity index is 1.92. The molecule has 160 valence electrons. The molecule has 9 nitrogen and oxygen atoms in total. The summed E-state index contributed by atoms with van der Waals surface area (Å²) in [5, 5.41) is 33.0. The van der Waals surface area contributed by atoms with Crippen LogP contribution in [0.4, 0.5) is 0 Å². The predicted molar refractivity (Wildman–Crippen MR) is 114 cm³/mol. The minimum absolute atomic E-state index is 0.0622. The molecule has 0 bridgehead atoms. The Morgan fingerprint density at radius 3 is 2.45 bits per heavy atom. The molecule has 4 N–H and O–H groups in total. The molecular formula is C22H22N4O5. The molecule has 31 heavy (non-hydrogen) atoms. The van der Waals surface area contributed by atoms with Crippen LogP contribution >= 0.6 is 0 Å². The first kappa shape index (κ1) is 21.7. The molecule has 0 fully saturated rings. The van der Waals surface area contributed by atoms with Crippen LogP contribution in [0, 0.1) is 20.8 Å². The summed E-state index contributed by atoms with van der Waals surface area (Å²) in [5.41, 5.74) is 5.62. The number of aromatic carboxylic acids is 1. The molecule has 0 aliphatic rings. The Morgan fingerprint density at radius 1 is 1.16 bits per heavy atom. The molecule has 1 aromatic carbocycles. The summed E-state index contributed by atoms with van der Waals surface area (Å²) in [5.74, 6) is -1.81. The van der Waals surface area contributed by atoms with E-state index in [4.69, 9.17) is 0 Å². The fourth-order valence-corrected chi connectivity index (χ4v) is 3.23. The Labute approximate surface area is 178 Å². The van der Waals surface area contributed by atoms with Crippen molar-refractivity contribution in [1.29, 1.82) is 0 Å². The smallest absolute Gasteiger partial charge is 0.337 e. The van der Waals surface area contributed by atoms with Gasteiger partial charge in [-0.3, -0.25) is 9.78 Å². The normalized spacial score (nSPS) is 11.1. The van der Waals surface area contributed by atoms with Gasteiger partial charge in [0.05, 0.1) is 29.8 Å². The van der Waals surface area contributed by atoms with Gasteiger partial charge in [-0.05, 0) is 51.1 Å². The van der Waals surface area contributed by atoms with E-state index >= 15 is 0 Å². The van der Waals surface area contributed by atoms with E-state index in [2.05, 4.69) is 15.5 Å². The average molecular weight is 422 g/mol. The molecule has 3 aromatic rings. The lowest BCUT2D eigenvalue weighted by Gasteiger charge is -2.14. The number of benzene rings is 1. The van der Waals surface area contributed by atoms with Crippen LogP contribution in [0.25, 0.3) is 5.69 Å². The Morgan fingerprint density at radius 2 is 1.84 bits per heavy atom. The average Bonchev–Trinajstić information content (AvgIpc) is 3.08. The number of carbonyl (C=O) groups is 2. The van der Waals surface area contributed by atoms with Crippen LogP contribution in [0.3, 0.4) is 0 Å². The van der Waals surface area contributed by atoms with Gasteiger partial charge >= 0.3 is 5.97 Å². The van der Waals surface area contributed by atoms with E-state index in [1.807, 2.05) is 26.0 Å². The molecule has 0 atom stereocenters. The van der Waals surface area contributed by atoms with Gasteiger partial charge in [-0.2, -0.15) is 5.10 Å². The van der Waals surface area contributed by atoms with Crippen LogP contribution in [0.5, 0.6) is 5.75 Å². The quantitative estimate of drug-likeness (QED) is 0.356. The maximum Gasteiger partial charge on any atom is 0.337 e. The number of rotatable bonds is 6. The number of nitrogens with zero attached hydrogens (tertiary/aromatic N) is 3. The Kier molecular flexibility index (Phi) is 6.17. The van der Waals surface area contributed by atoms with E-state index in [1.54, 1.807) is 11.5 Å². The lowest BCUT2D eigenvalue weighted by Crippen LogP contribution is -2.19. The highest BCUT2D eigenvalue weighted by Crippen LogP contribution is 2.23. The molecule has 2 heterocycles. The zero-order valence-corrected chi connectivity index (χ0v) is 17.2. The molecule has 2 aromatic heterocycles. The predicted octanol–water partition coefficient (Wildman–Crippen LogP) is 2.46. The molecular weight excluding hydrogens is 400 g/mol. The van der Waals surface area contributed by atoms with Crippen LogP contribution in [0.1, 0.15) is 48.9 Å². The van der Waals surface area contributed by atoms with E-state index in [-0.39, 0.29) is 29.0 Å². The topological polar surface area (TPSA) is 137 Å². The molecule has 0 aliphatic carbocycles. The number of aliphatic hydroxyl groups is 1. The first-order valence-corrected chi connectivity index (χ1v) is 9.39. The molecule has 0 aliphatic heterocycles. The summed E-state index contributed by atoms with van der Waals surface area (Å²) in [7, 11) is 0. The van der Waals surface area contributed by atoms with Crippen LogP contribution < -0.4 is 5.43 Å². The molecule has 0 radical (unpaired) electrons. The first-order valence-electron chi connectivity index (χ1n) is 9.39. The summed E-state index contributed by atoms with van der Waals surface area (Å²) >= 11 is 0. The minimum atomic E-state index is -1.10. The second kappa shape index (κ2) is 8.80. The molecule has 3 rings (SSSR count). The van der Waals surface area contributed by atoms with Crippen LogP contribution in [0.15, 0.2) is 41.6 Å². The van der Waals surface area contributed by atoms with E-state index in [1.165, 1.54) is 30.6 Å². The van der Waals surface area contributed by atoms with Crippen molar-refractivity contribution in [2.45, 2.75) is 27.4 Å². The maximum absolute atomic E-state index is 12.6. The van der Waals surface area contributed by atoms with Crippen molar-refractivity contribution < 1.29 is 24.9 Å². The second-order valence-electron chi connectivity index (χ2n) is 6.98. The van der Waals surface area contributed by atoms with Gasteiger partial charge in [-0.1, -0.05) is 0 Å². The lowest BCUT2D eigenvalue weighted by molar-refractivity contribution is 0.0696. The van der Waals surface area contributed by atoms with Crippen molar-refractivity contribution in [1.82, 2.24) is 15.0 Å².